The van der Waals surface area contributed by atoms with E-state index in [0.29, 0.717) is 25.9 Å². The van der Waals surface area contributed by atoms with Crippen molar-refractivity contribution in [3.63, 3.8) is 0 Å². The number of hydroxylamine groups is 2. The molecule has 2 N–H and O–H groups in total. The van der Waals surface area contributed by atoms with Crippen LogP contribution in [0, 0.1) is 34.5 Å². The Morgan fingerprint density at radius 1 is 1.24 bits per heavy atom. The predicted molar refractivity (Wildman–Crippen MR) is 142 cm³/mol. The highest BCUT2D eigenvalue weighted by atomic mass is 32.2. The minimum Gasteiger partial charge on any atom is -0.393 e. The lowest BCUT2D eigenvalue weighted by atomic mass is 9.47. The molecule has 4 aliphatic carbocycles. The Morgan fingerprint density at radius 3 is 2.78 bits per heavy atom. The number of benzene rings is 1. The number of carbonyl (C=O) groups is 2. The number of carbonyl (C=O) groups excluding carboxylic acids is 2. The van der Waals surface area contributed by atoms with Crippen LogP contribution in [-0.4, -0.2) is 64.0 Å². The van der Waals surface area contributed by atoms with Crippen LogP contribution in [0.1, 0.15) is 39.5 Å². The second-order valence-electron chi connectivity index (χ2n) is 12.1. The highest BCUT2D eigenvalue weighted by molar-refractivity contribution is 7.99. The lowest BCUT2D eigenvalue weighted by Gasteiger charge is -2.59. The number of ketones is 2. The molecule has 1 saturated heterocycles. The first kappa shape index (κ1) is 25.5. The number of hydrogen-bond acceptors (Lipinski definition) is 7. The molecule has 0 aromatic heterocycles. The number of rotatable bonds is 6. The summed E-state index contributed by atoms with van der Waals surface area (Å²) < 4.78 is 0. The monoisotopic (exact) mass is 523 g/mol. The summed E-state index contributed by atoms with van der Waals surface area (Å²) in [5, 5.41) is 23.8. The molecule has 0 amide bonds. The normalized spacial score (nSPS) is 42.5. The SMILES string of the molecule is C[C@]12C=CC(=O)CC1=CC[C@@H]1[C@@H]2[C@@H](O)C[C@@]2(C)[C@H]1C[C@H]1CN(CCSc3ccccc3)O[C@]12C(=O)CO. The Balaban J connectivity index is 1.27. The molecular weight excluding hydrogens is 486 g/mol. The van der Waals surface area contributed by atoms with Gasteiger partial charge in [0, 0.05) is 52.8 Å². The largest absolute Gasteiger partial charge is 0.393 e. The van der Waals surface area contributed by atoms with Gasteiger partial charge in [0.15, 0.2) is 17.2 Å². The van der Waals surface area contributed by atoms with Crippen LogP contribution >= 0.6 is 11.8 Å². The van der Waals surface area contributed by atoms with Crippen LogP contribution < -0.4 is 0 Å². The van der Waals surface area contributed by atoms with Gasteiger partial charge in [-0.1, -0.05) is 49.8 Å². The van der Waals surface area contributed by atoms with Gasteiger partial charge in [0.1, 0.15) is 6.61 Å². The van der Waals surface area contributed by atoms with Crippen molar-refractivity contribution in [2.45, 2.75) is 56.1 Å². The molecule has 1 aromatic rings. The zero-order valence-corrected chi connectivity index (χ0v) is 22.5. The Labute approximate surface area is 223 Å². The second-order valence-corrected chi connectivity index (χ2v) is 13.3. The molecule has 3 fully saturated rings. The summed E-state index contributed by atoms with van der Waals surface area (Å²) in [7, 11) is 0. The van der Waals surface area contributed by atoms with Crippen LogP contribution in [0.3, 0.4) is 0 Å². The van der Waals surface area contributed by atoms with Crippen molar-refractivity contribution in [3.8, 4) is 0 Å². The number of fused-ring (bicyclic) bond motifs is 7. The maximum absolute atomic E-state index is 13.6. The second kappa shape index (κ2) is 9.16. The molecule has 0 bridgehead atoms. The van der Waals surface area contributed by atoms with Gasteiger partial charge in [-0.05, 0) is 49.3 Å². The van der Waals surface area contributed by atoms with Crippen molar-refractivity contribution >= 4 is 23.3 Å². The van der Waals surface area contributed by atoms with Gasteiger partial charge in [-0.3, -0.25) is 14.4 Å². The van der Waals surface area contributed by atoms with E-state index in [1.807, 2.05) is 29.3 Å². The van der Waals surface area contributed by atoms with Crippen molar-refractivity contribution in [2.75, 3.05) is 25.4 Å². The average Bonchev–Trinajstić information content (AvgIpc) is 3.36. The van der Waals surface area contributed by atoms with Gasteiger partial charge in [0.25, 0.3) is 0 Å². The summed E-state index contributed by atoms with van der Waals surface area (Å²) in [5.41, 5.74) is -0.902. The molecule has 0 unspecified atom stereocenters. The van der Waals surface area contributed by atoms with Gasteiger partial charge in [0.05, 0.1) is 6.10 Å². The molecule has 1 heterocycles. The van der Waals surface area contributed by atoms with E-state index < -0.39 is 23.7 Å². The Kier molecular flexibility index (Phi) is 6.32. The number of Topliss-reactive ketones (excluding diaryl/α,β-unsaturated/α-hetero) is 1. The fourth-order valence-corrected chi connectivity index (χ4v) is 9.76. The van der Waals surface area contributed by atoms with Gasteiger partial charge in [-0.15, -0.1) is 11.8 Å². The first-order valence-corrected chi connectivity index (χ1v) is 14.6. The van der Waals surface area contributed by atoms with Crippen molar-refractivity contribution in [1.82, 2.24) is 5.06 Å². The number of hydrogen-bond donors (Lipinski definition) is 2. The molecule has 6 nitrogen and oxygen atoms in total. The standard InChI is InChI=1S/C30H37NO5S/c1-28-11-10-21(33)14-19(28)8-9-23-24-15-20-17-31(12-13-37-22-6-4-3-5-7-22)36-30(20,26(35)18-32)29(24,2)16-25(34)27(23)28/h3-8,10-11,20,23-25,27,32,34H,9,12-18H2,1-2H3/t20-,23-,24-,25-,27+,28-,29-,30-/m0/s1. The maximum Gasteiger partial charge on any atom is 0.192 e. The molecule has 37 heavy (non-hydrogen) atoms. The van der Waals surface area contributed by atoms with E-state index in [-0.39, 0.29) is 40.7 Å². The minimum atomic E-state index is -1.11. The summed E-state index contributed by atoms with van der Waals surface area (Å²) in [6, 6.07) is 10.2. The van der Waals surface area contributed by atoms with E-state index in [0.717, 1.165) is 24.2 Å². The number of thioether (sulfide) groups is 1. The van der Waals surface area contributed by atoms with E-state index in [4.69, 9.17) is 4.84 Å². The Morgan fingerprint density at radius 2 is 2.03 bits per heavy atom. The van der Waals surface area contributed by atoms with Crippen LogP contribution in [0.5, 0.6) is 0 Å². The molecule has 1 aliphatic heterocycles. The van der Waals surface area contributed by atoms with Gasteiger partial charge in [-0.25, -0.2) is 0 Å². The maximum atomic E-state index is 13.6. The molecule has 198 valence electrons. The van der Waals surface area contributed by atoms with E-state index >= 15 is 0 Å². The molecule has 0 spiro atoms. The van der Waals surface area contributed by atoms with Crippen LogP contribution in [-0.2, 0) is 14.4 Å². The zero-order chi connectivity index (χ0) is 26.0. The highest BCUT2D eigenvalue weighted by Crippen LogP contribution is 2.70. The summed E-state index contributed by atoms with van der Waals surface area (Å²) in [6.07, 6.45) is 7.85. The van der Waals surface area contributed by atoms with E-state index in [9.17, 15) is 19.8 Å². The summed E-state index contributed by atoms with van der Waals surface area (Å²) in [5.74, 6) is 1.09. The van der Waals surface area contributed by atoms with Crippen LogP contribution in [0.2, 0.25) is 0 Å². The molecule has 8 atom stereocenters. The third-order valence-corrected chi connectivity index (χ3v) is 11.4. The summed E-state index contributed by atoms with van der Waals surface area (Å²) >= 11 is 1.76. The van der Waals surface area contributed by atoms with Crippen LogP contribution in [0.15, 0.2) is 59.0 Å². The van der Waals surface area contributed by atoms with E-state index in [1.165, 1.54) is 4.90 Å². The summed E-state index contributed by atoms with van der Waals surface area (Å²) in [6.45, 7) is 5.08. The molecule has 7 heteroatoms. The Hall–Kier alpha value is -1.77. The number of aliphatic hydroxyl groups is 2. The van der Waals surface area contributed by atoms with Crippen molar-refractivity contribution < 1.29 is 24.6 Å². The molecular formula is C30H37NO5S. The third kappa shape index (κ3) is 3.69. The Bertz CT molecular complexity index is 1150. The van der Waals surface area contributed by atoms with Gasteiger partial charge >= 0.3 is 0 Å². The molecule has 6 rings (SSSR count). The number of aliphatic hydroxyl groups excluding tert-OH is 2. The lowest BCUT2D eigenvalue weighted by Crippen LogP contribution is -2.63. The third-order valence-electron chi connectivity index (χ3n) is 10.4. The molecule has 0 radical (unpaired) electrons. The van der Waals surface area contributed by atoms with E-state index in [1.54, 1.807) is 17.8 Å². The summed E-state index contributed by atoms with van der Waals surface area (Å²) in [4.78, 5) is 33.5. The minimum absolute atomic E-state index is 0.00778. The molecule has 1 aromatic carbocycles. The first-order valence-electron chi connectivity index (χ1n) is 13.6. The van der Waals surface area contributed by atoms with Gasteiger partial charge in [-0.2, -0.15) is 5.06 Å². The zero-order valence-electron chi connectivity index (χ0n) is 21.6. The molecule has 2 saturated carbocycles. The number of nitrogens with zero attached hydrogens (tertiary/aromatic N) is 1. The molecule has 5 aliphatic rings. The predicted octanol–water partition coefficient (Wildman–Crippen LogP) is 3.83. The van der Waals surface area contributed by atoms with Crippen molar-refractivity contribution in [1.29, 1.82) is 0 Å². The fourth-order valence-electron chi connectivity index (χ4n) is 8.88. The van der Waals surface area contributed by atoms with Crippen LogP contribution in [0.4, 0.5) is 0 Å². The smallest absolute Gasteiger partial charge is 0.192 e. The van der Waals surface area contributed by atoms with Gasteiger partial charge in [0.2, 0.25) is 0 Å². The number of allylic oxidation sites excluding steroid dienone is 4. The van der Waals surface area contributed by atoms with Crippen molar-refractivity contribution in [2.24, 2.45) is 34.5 Å². The van der Waals surface area contributed by atoms with Crippen LogP contribution in [0.25, 0.3) is 0 Å². The first-order chi connectivity index (χ1) is 17.7. The van der Waals surface area contributed by atoms with Crippen molar-refractivity contribution in [3.05, 3.63) is 54.1 Å². The van der Waals surface area contributed by atoms with E-state index in [2.05, 4.69) is 32.1 Å². The average molecular weight is 524 g/mol. The van der Waals surface area contributed by atoms with Gasteiger partial charge < -0.3 is 10.2 Å². The topological polar surface area (TPSA) is 87.1 Å². The quantitative estimate of drug-likeness (QED) is 0.433. The fraction of sp³-hybridized carbons (Fsp3) is 0.600. The highest BCUT2D eigenvalue weighted by Gasteiger charge is 2.74. The lowest BCUT2D eigenvalue weighted by molar-refractivity contribution is -0.248.